The molecule has 0 fully saturated rings. The molecular weight excluding hydrogens is 260 g/mol. The fourth-order valence-electron chi connectivity index (χ4n) is 2.04. The summed E-state index contributed by atoms with van der Waals surface area (Å²) < 4.78 is 7.11. The predicted octanol–water partition coefficient (Wildman–Crippen LogP) is 2.68. The van der Waals surface area contributed by atoms with Crippen LogP contribution < -0.4 is 5.32 Å². The van der Waals surface area contributed by atoms with E-state index in [1.807, 2.05) is 34.6 Å². The maximum Gasteiger partial charge on any atom is 0.334 e. The van der Waals surface area contributed by atoms with Crippen LogP contribution in [0.5, 0.6) is 0 Å². The lowest BCUT2D eigenvalue weighted by Crippen LogP contribution is -2.34. The van der Waals surface area contributed by atoms with Gasteiger partial charge in [-0.15, -0.1) is 0 Å². The highest BCUT2D eigenvalue weighted by atomic mass is 16.6. The van der Waals surface area contributed by atoms with E-state index in [0.717, 1.165) is 0 Å². The molecule has 0 aliphatic heterocycles. The Morgan fingerprint density at radius 1 is 1.50 bits per heavy atom. The number of anilines is 1. The van der Waals surface area contributed by atoms with Crippen LogP contribution in [0.2, 0.25) is 0 Å². The molecule has 114 valence electrons. The van der Waals surface area contributed by atoms with E-state index in [-0.39, 0.29) is 16.5 Å². The van der Waals surface area contributed by atoms with E-state index in [1.165, 1.54) is 4.68 Å². The number of rotatable bonds is 7. The first-order valence-electron chi connectivity index (χ1n) is 6.78. The molecular formula is C13H24N4O3. The van der Waals surface area contributed by atoms with Gasteiger partial charge < -0.3 is 10.1 Å². The van der Waals surface area contributed by atoms with Crippen LogP contribution >= 0.6 is 0 Å². The molecule has 0 saturated carbocycles. The van der Waals surface area contributed by atoms with Crippen LogP contribution in [0.4, 0.5) is 11.5 Å². The molecule has 0 radical (unpaired) electrons. The third-order valence-corrected chi connectivity index (χ3v) is 2.99. The molecule has 1 N–H and O–H groups in total. The number of nitrogens with one attached hydrogen (secondary N) is 1. The number of ether oxygens (including phenoxy) is 1. The van der Waals surface area contributed by atoms with E-state index in [0.29, 0.717) is 24.7 Å². The lowest BCUT2D eigenvalue weighted by Gasteiger charge is -2.25. The summed E-state index contributed by atoms with van der Waals surface area (Å²) in [6.45, 7) is 10.7. The Labute approximate surface area is 119 Å². The number of nitrogens with zero attached hydrogens (tertiary/aromatic N) is 3. The molecule has 7 nitrogen and oxygen atoms in total. The highest BCUT2D eigenvalue weighted by Crippen LogP contribution is 2.33. The molecule has 0 bridgehead atoms. The normalized spacial score (nSPS) is 11.9. The molecule has 1 aromatic heterocycles. The van der Waals surface area contributed by atoms with Crippen molar-refractivity contribution >= 4 is 11.5 Å². The summed E-state index contributed by atoms with van der Waals surface area (Å²) in [5.74, 6) is 0.420. The second-order valence-electron chi connectivity index (χ2n) is 5.66. The summed E-state index contributed by atoms with van der Waals surface area (Å²) in [6, 6.07) is 0. The Morgan fingerprint density at radius 2 is 2.10 bits per heavy atom. The van der Waals surface area contributed by atoms with Crippen LogP contribution in [0.15, 0.2) is 0 Å². The van der Waals surface area contributed by atoms with Gasteiger partial charge in [0.05, 0.1) is 10.5 Å². The molecule has 7 heteroatoms. The van der Waals surface area contributed by atoms with E-state index < -0.39 is 5.60 Å². The molecule has 0 aromatic carbocycles. The minimum Gasteiger partial charge on any atom is -0.374 e. The zero-order valence-electron chi connectivity index (χ0n) is 13.1. The molecule has 0 spiro atoms. The van der Waals surface area contributed by atoms with E-state index in [9.17, 15) is 10.1 Å². The van der Waals surface area contributed by atoms with E-state index >= 15 is 0 Å². The molecule has 0 atom stereocenters. The number of aryl methyl sites for hydroxylation is 1. The second kappa shape index (κ2) is 6.21. The van der Waals surface area contributed by atoms with E-state index in [2.05, 4.69) is 10.4 Å². The van der Waals surface area contributed by atoms with Gasteiger partial charge >= 0.3 is 5.69 Å². The summed E-state index contributed by atoms with van der Waals surface area (Å²) >= 11 is 0. The Hall–Kier alpha value is -1.63. The van der Waals surface area contributed by atoms with Gasteiger partial charge in [0.1, 0.15) is 5.69 Å². The molecule has 1 aromatic rings. The fraction of sp³-hybridized carbons (Fsp3) is 0.769. The fourth-order valence-corrected chi connectivity index (χ4v) is 2.04. The minimum atomic E-state index is -0.398. The summed E-state index contributed by atoms with van der Waals surface area (Å²) in [7, 11) is 1.70. The zero-order chi connectivity index (χ0) is 15.5. The molecule has 1 rings (SSSR count). The van der Waals surface area contributed by atoms with Gasteiger partial charge in [0.2, 0.25) is 5.82 Å². The lowest BCUT2D eigenvalue weighted by atomic mass is 10.1. The average molecular weight is 284 g/mol. The van der Waals surface area contributed by atoms with Crippen LogP contribution in [0.1, 0.15) is 46.2 Å². The van der Waals surface area contributed by atoms with E-state index in [1.54, 1.807) is 7.05 Å². The molecule has 0 aliphatic rings. The predicted molar refractivity (Wildman–Crippen MR) is 78.1 cm³/mol. The van der Waals surface area contributed by atoms with E-state index in [4.69, 9.17) is 4.74 Å². The van der Waals surface area contributed by atoms with Crippen LogP contribution in [0.3, 0.4) is 0 Å². The largest absolute Gasteiger partial charge is 0.374 e. The maximum atomic E-state index is 11.3. The first kappa shape index (κ1) is 16.4. The molecule has 0 amide bonds. The maximum absolute atomic E-state index is 11.3. The zero-order valence-corrected chi connectivity index (χ0v) is 13.1. The van der Waals surface area contributed by atoms with Crippen molar-refractivity contribution in [3.8, 4) is 0 Å². The third-order valence-electron chi connectivity index (χ3n) is 2.99. The smallest absolute Gasteiger partial charge is 0.334 e. The topological polar surface area (TPSA) is 82.2 Å². The van der Waals surface area contributed by atoms with Crippen LogP contribution in [0.25, 0.3) is 0 Å². The quantitative estimate of drug-likeness (QED) is 0.615. The Balaban J connectivity index is 3.03. The number of hydrogen-bond acceptors (Lipinski definition) is 5. The lowest BCUT2D eigenvalue weighted by molar-refractivity contribution is -0.384. The standard InChI is InChI=1S/C13H24N4O3/c1-7-20-13(4,5)8-14-12-11(17(18)19)10(9(2)3)15-16(12)6/h9,14H,7-8H2,1-6H3. The SMILES string of the molecule is CCOC(C)(C)CNc1c([N+](=O)[O-])c(C(C)C)nn1C. The van der Waals surface area contributed by atoms with Crippen molar-refractivity contribution in [1.82, 2.24) is 9.78 Å². The second-order valence-corrected chi connectivity index (χ2v) is 5.66. The van der Waals surface area contributed by atoms with Crippen molar-refractivity contribution in [2.75, 3.05) is 18.5 Å². The van der Waals surface area contributed by atoms with Crippen molar-refractivity contribution in [3.63, 3.8) is 0 Å². The Bertz CT molecular complexity index is 480. The van der Waals surface area contributed by atoms with Gasteiger partial charge in [-0.2, -0.15) is 5.10 Å². The van der Waals surface area contributed by atoms with Gasteiger partial charge in [0, 0.05) is 26.1 Å². The van der Waals surface area contributed by atoms with Gasteiger partial charge in [-0.1, -0.05) is 13.8 Å². The first-order valence-corrected chi connectivity index (χ1v) is 6.78. The van der Waals surface area contributed by atoms with Crippen molar-refractivity contribution in [2.24, 2.45) is 7.05 Å². The van der Waals surface area contributed by atoms with Gasteiger partial charge in [-0.05, 0) is 20.8 Å². The summed E-state index contributed by atoms with van der Waals surface area (Å²) in [4.78, 5) is 10.9. The molecule has 0 unspecified atom stereocenters. The highest BCUT2D eigenvalue weighted by Gasteiger charge is 2.29. The van der Waals surface area contributed by atoms with Crippen molar-refractivity contribution < 1.29 is 9.66 Å². The molecule has 0 saturated heterocycles. The van der Waals surface area contributed by atoms with Crippen LogP contribution in [-0.2, 0) is 11.8 Å². The number of nitro groups is 1. The number of aromatic nitrogens is 2. The molecule has 0 aliphatic carbocycles. The Morgan fingerprint density at radius 3 is 2.55 bits per heavy atom. The third kappa shape index (κ3) is 3.69. The first-order chi connectivity index (χ1) is 9.19. The van der Waals surface area contributed by atoms with Gasteiger partial charge in [-0.3, -0.25) is 10.1 Å². The van der Waals surface area contributed by atoms with Gasteiger partial charge in [0.25, 0.3) is 0 Å². The molecule has 1 heterocycles. The van der Waals surface area contributed by atoms with Crippen LogP contribution in [-0.4, -0.2) is 33.5 Å². The van der Waals surface area contributed by atoms with Crippen molar-refractivity contribution in [2.45, 2.75) is 46.1 Å². The Kier molecular flexibility index (Phi) is 5.10. The van der Waals surface area contributed by atoms with Gasteiger partial charge in [-0.25, -0.2) is 4.68 Å². The summed E-state index contributed by atoms with van der Waals surface area (Å²) in [5.41, 5.74) is 0.147. The minimum absolute atomic E-state index is 0.00273. The number of hydrogen-bond donors (Lipinski definition) is 1. The molecule has 20 heavy (non-hydrogen) atoms. The summed E-state index contributed by atoms with van der Waals surface area (Å²) in [5, 5.41) is 18.6. The summed E-state index contributed by atoms with van der Waals surface area (Å²) in [6.07, 6.45) is 0. The van der Waals surface area contributed by atoms with Gasteiger partial charge in [0.15, 0.2) is 0 Å². The average Bonchev–Trinajstić information content (AvgIpc) is 2.64. The van der Waals surface area contributed by atoms with Crippen LogP contribution in [0, 0.1) is 10.1 Å². The highest BCUT2D eigenvalue weighted by molar-refractivity contribution is 5.60. The van der Waals surface area contributed by atoms with Crippen molar-refractivity contribution in [3.05, 3.63) is 15.8 Å². The monoisotopic (exact) mass is 284 g/mol. The van der Waals surface area contributed by atoms with Crippen molar-refractivity contribution in [1.29, 1.82) is 0 Å².